The van der Waals surface area contributed by atoms with E-state index < -0.39 is 0 Å². The minimum atomic E-state index is 0.178. The SMILES string of the molecule is Nc1n[nH]c(-c2nc(-c3ccccc3)n[nH]2)n1. The molecule has 84 valence electrons. The van der Waals surface area contributed by atoms with Crippen molar-refractivity contribution < 1.29 is 0 Å². The quantitative estimate of drug-likeness (QED) is 0.601. The van der Waals surface area contributed by atoms with Crippen molar-refractivity contribution in [2.45, 2.75) is 0 Å². The molecule has 0 aliphatic heterocycles. The Morgan fingerprint density at radius 2 is 1.59 bits per heavy atom. The minimum absolute atomic E-state index is 0.178. The molecule has 0 aliphatic rings. The van der Waals surface area contributed by atoms with Crippen LogP contribution in [0.2, 0.25) is 0 Å². The summed E-state index contributed by atoms with van der Waals surface area (Å²) in [5.74, 6) is 1.76. The number of aromatic nitrogens is 6. The van der Waals surface area contributed by atoms with Crippen LogP contribution in [0, 0.1) is 0 Å². The lowest BCUT2D eigenvalue weighted by molar-refractivity contribution is 1.05. The molecule has 2 heterocycles. The van der Waals surface area contributed by atoms with Crippen LogP contribution in [0.1, 0.15) is 0 Å². The van der Waals surface area contributed by atoms with Crippen LogP contribution >= 0.6 is 0 Å². The Balaban J connectivity index is 1.99. The molecular weight excluding hydrogens is 218 g/mol. The molecule has 3 aromatic rings. The van der Waals surface area contributed by atoms with Crippen molar-refractivity contribution in [2.24, 2.45) is 0 Å². The topological polar surface area (TPSA) is 109 Å². The average Bonchev–Trinajstić information content (AvgIpc) is 2.98. The molecule has 0 saturated heterocycles. The second-order valence-electron chi connectivity index (χ2n) is 3.42. The van der Waals surface area contributed by atoms with E-state index in [0.717, 1.165) is 5.56 Å². The number of aromatic amines is 2. The predicted molar refractivity (Wildman–Crippen MR) is 61.6 cm³/mol. The van der Waals surface area contributed by atoms with Crippen LogP contribution in [0.5, 0.6) is 0 Å². The molecular formula is C10H9N7. The van der Waals surface area contributed by atoms with Gasteiger partial charge in [-0.25, -0.2) is 4.98 Å². The largest absolute Gasteiger partial charge is 0.366 e. The lowest BCUT2D eigenvalue weighted by Crippen LogP contribution is -1.86. The molecule has 0 aliphatic carbocycles. The molecule has 0 radical (unpaired) electrons. The van der Waals surface area contributed by atoms with Crippen LogP contribution in [-0.2, 0) is 0 Å². The predicted octanol–water partition coefficient (Wildman–Crippen LogP) is 0.839. The molecule has 7 heteroatoms. The average molecular weight is 227 g/mol. The smallest absolute Gasteiger partial charge is 0.239 e. The molecule has 7 nitrogen and oxygen atoms in total. The van der Waals surface area contributed by atoms with Crippen molar-refractivity contribution in [2.75, 3.05) is 5.73 Å². The number of nitrogens with two attached hydrogens (primary N) is 1. The van der Waals surface area contributed by atoms with E-state index in [1.807, 2.05) is 30.3 Å². The summed E-state index contributed by atoms with van der Waals surface area (Å²) in [7, 11) is 0. The molecule has 0 atom stereocenters. The number of anilines is 1. The van der Waals surface area contributed by atoms with Gasteiger partial charge < -0.3 is 5.73 Å². The maximum atomic E-state index is 5.42. The highest BCUT2D eigenvalue weighted by Gasteiger charge is 2.10. The van der Waals surface area contributed by atoms with E-state index in [2.05, 4.69) is 30.4 Å². The number of hydrogen-bond acceptors (Lipinski definition) is 5. The normalized spacial score (nSPS) is 10.6. The van der Waals surface area contributed by atoms with Crippen LogP contribution in [0.25, 0.3) is 23.0 Å². The van der Waals surface area contributed by atoms with Gasteiger partial charge in [0.25, 0.3) is 0 Å². The van der Waals surface area contributed by atoms with Crippen LogP contribution < -0.4 is 5.73 Å². The van der Waals surface area contributed by atoms with Gasteiger partial charge >= 0.3 is 0 Å². The summed E-state index contributed by atoms with van der Waals surface area (Å²) in [5.41, 5.74) is 6.35. The Labute approximate surface area is 96.1 Å². The number of nitrogens with one attached hydrogen (secondary N) is 2. The first kappa shape index (κ1) is 9.52. The second-order valence-corrected chi connectivity index (χ2v) is 3.42. The first-order valence-corrected chi connectivity index (χ1v) is 4.99. The summed E-state index contributed by atoms with van der Waals surface area (Å²) in [6.07, 6.45) is 0. The summed E-state index contributed by atoms with van der Waals surface area (Å²) in [5, 5.41) is 13.3. The maximum absolute atomic E-state index is 5.42. The van der Waals surface area contributed by atoms with Gasteiger partial charge in [0, 0.05) is 5.56 Å². The van der Waals surface area contributed by atoms with Crippen molar-refractivity contribution in [1.29, 1.82) is 0 Å². The van der Waals surface area contributed by atoms with Gasteiger partial charge in [0.2, 0.25) is 5.95 Å². The third kappa shape index (κ3) is 1.73. The molecule has 0 spiro atoms. The lowest BCUT2D eigenvalue weighted by Gasteiger charge is -1.91. The zero-order chi connectivity index (χ0) is 11.7. The monoisotopic (exact) mass is 227 g/mol. The molecule has 0 amide bonds. The van der Waals surface area contributed by atoms with Gasteiger partial charge in [-0.05, 0) is 0 Å². The standard InChI is InChI=1S/C10H9N7/c11-10-13-9(16-17-10)8-12-7(14-15-8)6-4-2-1-3-5-6/h1-5H,(H,12,14,15)(H3,11,13,16,17). The number of rotatable bonds is 2. The van der Waals surface area contributed by atoms with Gasteiger partial charge in [-0.2, -0.15) is 10.1 Å². The summed E-state index contributed by atoms with van der Waals surface area (Å²) in [4.78, 5) is 8.27. The Morgan fingerprint density at radius 1 is 0.882 bits per heavy atom. The first-order valence-electron chi connectivity index (χ1n) is 4.99. The van der Waals surface area contributed by atoms with Crippen molar-refractivity contribution >= 4 is 5.95 Å². The Bertz CT molecular complexity index is 625. The van der Waals surface area contributed by atoms with E-state index in [-0.39, 0.29) is 5.95 Å². The summed E-state index contributed by atoms with van der Waals surface area (Å²) in [6.45, 7) is 0. The molecule has 3 rings (SSSR count). The van der Waals surface area contributed by atoms with Crippen molar-refractivity contribution in [3.63, 3.8) is 0 Å². The number of hydrogen-bond donors (Lipinski definition) is 3. The van der Waals surface area contributed by atoms with Gasteiger partial charge in [-0.15, -0.1) is 5.10 Å². The number of nitrogen functional groups attached to an aromatic ring is 1. The molecule has 0 unspecified atom stereocenters. The third-order valence-corrected chi connectivity index (χ3v) is 2.24. The number of nitrogens with zero attached hydrogens (tertiary/aromatic N) is 4. The molecule has 0 saturated carbocycles. The second kappa shape index (κ2) is 3.71. The van der Waals surface area contributed by atoms with Crippen molar-refractivity contribution in [3.8, 4) is 23.0 Å². The van der Waals surface area contributed by atoms with E-state index in [4.69, 9.17) is 5.73 Å². The van der Waals surface area contributed by atoms with E-state index in [1.165, 1.54) is 0 Å². The third-order valence-electron chi connectivity index (χ3n) is 2.24. The zero-order valence-electron chi connectivity index (χ0n) is 8.75. The molecule has 1 aromatic carbocycles. The molecule has 2 aromatic heterocycles. The fraction of sp³-hybridized carbons (Fsp3) is 0. The van der Waals surface area contributed by atoms with Crippen LogP contribution in [0.4, 0.5) is 5.95 Å². The molecule has 0 fully saturated rings. The van der Waals surface area contributed by atoms with Crippen LogP contribution in [0.15, 0.2) is 30.3 Å². The van der Waals surface area contributed by atoms with Crippen molar-refractivity contribution in [1.82, 2.24) is 30.4 Å². The lowest BCUT2D eigenvalue weighted by atomic mass is 10.2. The fourth-order valence-electron chi connectivity index (χ4n) is 1.46. The fourth-order valence-corrected chi connectivity index (χ4v) is 1.46. The Morgan fingerprint density at radius 3 is 2.29 bits per heavy atom. The maximum Gasteiger partial charge on any atom is 0.239 e. The van der Waals surface area contributed by atoms with Crippen molar-refractivity contribution in [3.05, 3.63) is 30.3 Å². The summed E-state index contributed by atoms with van der Waals surface area (Å²) >= 11 is 0. The highest BCUT2D eigenvalue weighted by Crippen LogP contribution is 2.17. The molecule has 0 bridgehead atoms. The summed E-state index contributed by atoms with van der Waals surface area (Å²) in [6, 6.07) is 9.66. The first-order chi connectivity index (χ1) is 8.33. The van der Waals surface area contributed by atoms with Crippen LogP contribution in [-0.4, -0.2) is 30.4 Å². The van der Waals surface area contributed by atoms with Gasteiger partial charge in [0.1, 0.15) is 0 Å². The van der Waals surface area contributed by atoms with E-state index in [0.29, 0.717) is 17.5 Å². The van der Waals surface area contributed by atoms with E-state index in [1.54, 1.807) is 0 Å². The Hall–Kier alpha value is -2.70. The number of benzene rings is 1. The number of H-pyrrole nitrogens is 2. The van der Waals surface area contributed by atoms with Gasteiger partial charge in [0.05, 0.1) is 0 Å². The Kier molecular flexibility index (Phi) is 2.08. The summed E-state index contributed by atoms with van der Waals surface area (Å²) < 4.78 is 0. The van der Waals surface area contributed by atoms with Gasteiger partial charge in [0.15, 0.2) is 17.5 Å². The van der Waals surface area contributed by atoms with Crippen LogP contribution in [0.3, 0.4) is 0 Å². The van der Waals surface area contributed by atoms with Gasteiger partial charge in [-0.3, -0.25) is 10.2 Å². The molecule has 4 N–H and O–H groups in total. The zero-order valence-corrected chi connectivity index (χ0v) is 8.75. The van der Waals surface area contributed by atoms with E-state index in [9.17, 15) is 0 Å². The minimum Gasteiger partial charge on any atom is -0.366 e. The van der Waals surface area contributed by atoms with E-state index >= 15 is 0 Å². The highest BCUT2D eigenvalue weighted by molar-refractivity contribution is 5.57. The molecule has 17 heavy (non-hydrogen) atoms. The van der Waals surface area contributed by atoms with Gasteiger partial charge in [-0.1, -0.05) is 30.3 Å². The highest BCUT2D eigenvalue weighted by atomic mass is 15.3.